The van der Waals surface area contributed by atoms with Gasteiger partial charge in [0, 0.05) is 18.9 Å². The first-order valence-electron chi connectivity index (χ1n) is 7.34. The van der Waals surface area contributed by atoms with Gasteiger partial charge in [0.05, 0.1) is 31.0 Å². The number of carbonyl (C=O) groups excluding carboxylic acids is 4. The van der Waals surface area contributed by atoms with E-state index in [0.717, 1.165) is 0 Å². The minimum absolute atomic E-state index is 0.0794. The van der Waals surface area contributed by atoms with Crippen molar-refractivity contribution in [2.75, 3.05) is 26.1 Å². The molecule has 1 atom stereocenters. The highest BCUT2D eigenvalue weighted by Crippen LogP contribution is 2.22. The van der Waals surface area contributed by atoms with E-state index in [9.17, 15) is 19.2 Å². The number of benzene rings is 1. The summed E-state index contributed by atoms with van der Waals surface area (Å²) in [5.41, 5.74) is 0.432. The quantitative estimate of drug-likeness (QED) is 0.785. The fourth-order valence-electron chi connectivity index (χ4n) is 2.42. The van der Waals surface area contributed by atoms with Gasteiger partial charge in [-0.15, -0.1) is 0 Å². The van der Waals surface area contributed by atoms with E-state index in [4.69, 9.17) is 0 Å². The molecule has 8 heteroatoms. The van der Waals surface area contributed by atoms with Crippen LogP contribution in [0.25, 0.3) is 0 Å². The van der Waals surface area contributed by atoms with Gasteiger partial charge in [0.2, 0.25) is 11.8 Å². The highest BCUT2D eigenvalue weighted by molar-refractivity contribution is 6.04. The van der Waals surface area contributed by atoms with Gasteiger partial charge in [0.1, 0.15) is 0 Å². The molecule has 2 N–H and O–H groups in total. The normalized spacial score (nSPS) is 16.8. The Morgan fingerprint density at radius 1 is 1.17 bits per heavy atom. The number of esters is 2. The molecule has 1 saturated heterocycles. The highest BCUT2D eigenvalue weighted by Gasteiger charge is 2.27. The number of methoxy groups -OCH3 is 2. The lowest BCUT2D eigenvalue weighted by Crippen LogP contribution is -2.38. The lowest BCUT2D eigenvalue weighted by Gasteiger charge is -2.22. The van der Waals surface area contributed by atoms with Gasteiger partial charge in [-0.3, -0.25) is 9.59 Å². The summed E-state index contributed by atoms with van der Waals surface area (Å²) < 4.78 is 9.31. The Balaban J connectivity index is 2.28. The number of ether oxygens (including phenoxy) is 2. The van der Waals surface area contributed by atoms with Crippen molar-refractivity contribution >= 4 is 29.4 Å². The van der Waals surface area contributed by atoms with Crippen LogP contribution in [0.3, 0.4) is 0 Å². The largest absolute Gasteiger partial charge is 0.465 e. The third kappa shape index (κ3) is 3.89. The second-order valence-corrected chi connectivity index (χ2v) is 5.27. The van der Waals surface area contributed by atoms with E-state index < -0.39 is 23.8 Å². The summed E-state index contributed by atoms with van der Waals surface area (Å²) in [6.45, 7) is 0.420. The van der Waals surface area contributed by atoms with Crippen LogP contribution in [0.15, 0.2) is 18.2 Å². The predicted molar refractivity (Wildman–Crippen MR) is 83.5 cm³/mol. The van der Waals surface area contributed by atoms with Crippen LogP contribution >= 0.6 is 0 Å². The summed E-state index contributed by atoms with van der Waals surface area (Å²) in [6.07, 6.45) is 0.581. The minimum atomic E-state index is -0.650. The Hall–Kier alpha value is -2.90. The molecule has 1 aromatic carbocycles. The summed E-state index contributed by atoms with van der Waals surface area (Å²) in [7, 11) is 2.45. The number of piperidine rings is 1. The highest BCUT2D eigenvalue weighted by atomic mass is 16.5. The van der Waals surface area contributed by atoms with Crippen LogP contribution in [0.2, 0.25) is 0 Å². The van der Waals surface area contributed by atoms with E-state index in [2.05, 4.69) is 20.1 Å². The Kier molecular flexibility index (Phi) is 5.51. The molecule has 0 radical (unpaired) electrons. The molecule has 2 rings (SSSR count). The van der Waals surface area contributed by atoms with Gasteiger partial charge in [-0.05, 0) is 24.6 Å². The van der Waals surface area contributed by atoms with Crippen LogP contribution in [0, 0.1) is 5.92 Å². The number of hydrogen-bond donors (Lipinski definition) is 2. The maximum Gasteiger partial charge on any atom is 0.339 e. The lowest BCUT2D eigenvalue weighted by atomic mass is 9.96. The van der Waals surface area contributed by atoms with Gasteiger partial charge < -0.3 is 20.1 Å². The van der Waals surface area contributed by atoms with Crippen molar-refractivity contribution in [3.8, 4) is 0 Å². The zero-order chi connectivity index (χ0) is 17.7. The molecule has 1 heterocycles. The average molecular weight is 334 g/mol. The molecule has 2 amide bonds. The molecule has 1 aliphatic rings. The molecule has 128 valence electrons. The third-order valence-corrected chi connectivity index (χ3v) is 3.72. The molecule has 1 unspecified atom stereocenters. The van der Waals surface area contributed by atoms with Gasteiger partial charge in [0.15, 0.2) is 0 Å². The summed E-state index contributed by atoms with van der Waals surface area (Å²) in [5, 5.41) is 5.25. The average Bonchev–Trinajstić information content (AvgIpc) is 2.60. The van der Waals surface area contributed by atoms with E-state index in [0.29, 0.717) is 13.0 Å². The Bertz CT molecular complexity index is 685. The molecule has 0 bridgehead atoms. The van der Waals surface area contributed by atoms with Crippen molar-refractivity contribution in [3.63, 3.8) is 0 Å². The summed E-state index contributed by atoms with van der Waals surface area (Å²) >= 11 is 0. The number of amides is 2. The van der Waals surface area contributed by atoms with Gasteiger partial charge in [-0.1, -0.05) is 0 Å². The zero-order valence-electron chi connectivity index (χ0n) is 13.4. The van der Waals surface area contributed by atoms with E-state index in [1.54, 1.807) is 0 Å². The molecule has 0 aliphatic carbocycles. The zero-order valence-corrected chi connectivity index (χ0v) is 13.4. The van der Waals surface area contributed by atoms with E-state index in [1.807, 2.05) is 0 Å². The van der Waals surface area contributed by atoms with Crippen LogP contribution in [0.1, 0.15) is 33.6 Å². The van der Waals surface area contributed by atoms with E-state index >= 15 is 0 Å². The van der Waals surface area contributed by atoms with Crippen molar-refractivity contribution in [1.82, 2.24) is 5.32 Å². The lowest BCUT2D eigenvalue weighted by molar-refractivity contribution is -0.129. The van der Waals surface area contributed by atoms with Gasteiger partial charge in [-0.2, -0.15) is 0 Å². The molecule has 0 spiro atoms. The van der Waals surface area contributed by atoms with Gasteiger partial charge >= 0.3 is 11.9 Å². The summed E-state index contributed by atoms with van der Waals surface area (Å²) in [6, 6.07) is 4.13. The maximum atomic E-state index is 12.4. The molecule has 0 aromatic heterocycles. The molecular weight excluding hydrogens is 316 g/mol. The van der Waals surface area contributed by atoms with Crippen molar-refractivity contribution in [2.24, 2.45) is 5.92 Å². The van der Waals surface area contributed by atoms with Crippen molar-refractivity contribution in [1.29, 1.82) is 0 Å². The topological polar surface area (TPSA) is 111 Å². The molecule has 1 fully saturated rings. The molecule has 24 heavy (non-hydrogen) atoms. The molecule has 8 nitrogen and oxygen atoms in total. The van der Waals surface area contributed by atoms with E-state index in [-0.39, 0.29) is 29.1 Å². The van der Waals surface area contributed by atoms with E-state index in [1.165, 1.54) is 32.4 Å². The first-order valence-corrected chi connectivity index (χ1v) is 7.34. The standard InChI is InChI=1S/C16H18N2O6/c1-23-15(21)10-3-4-11(16(22)24-2)12(7-10)18-14(20)9-5-6-17-13(19)8-9/h3-4,7,9H,5-6,8H2,1-2H3,(H,17,19)(H,18,20). The fourth-order valence-corrected chi connectivity index (χ4v) is 2.42. The molecule has 0 saturated carbocycles. The smallest absolute Gasteiger partial charge is 0.339 e. The van der Waals surface area contributed by atoms with Crippen LogP contribution in [-0.2, 0) is 19.1 Å². The number of carbonyl (C=O) groups is 4. The van der Waals surface area contributed by atoms with Crippen molar-refractivity contribution in [3.05, 3.63) is 29.3 Å². The summed E-state index contributed by atoms with van der Waals surface area (Å²) in [4.78, 5) is 47.3. The molecule has 1 aliphatic heterocycles. The molecular formula is C16H18N2O6. The van der Waals surface area contributed by atoms with Crippen LogP contribution in [-0.4, -0.2) is 44.5 Å². The monoisotopic (exact) mass is 334 g/mol. The first kappa shape index (κ1) is 17.5. The van der Waals surface area contributed by atoms with Gasteiger partial charge in [0.25, 0.3) is 0 Å². The van der Waals surface area contributed by atoms with Crippen molar-refractivity contribution < 1.29 is 28.7 Å². The number of rotatable bonds is 4. The van der Waals surface area contributed by atoms with Gasteiger partial charge in [-0.25, -0.2) is 9.59 Å². The molecule has 1 aromatic rings. The van der Waals surface area contributed by atoms with Crippen molar-refractivity contribution in [2.45, 2.75) is 12.8 Å². The second kappa shape index (κ2) is 7.58. The Morgan fingerprint density at radius 3 is 2.50 bits per heavy atom. The maximum absolute atomic E-state index is 12.4. The Morgan fingerprint density at radius 2 is 1.88 bits per heavy atom. The number of nitrogens with one attached hydrogen (secondary N) is 2. The van der Waals surface area contributed by atoms with Crippen LogP contribution in [0.5, 0.6) is 0 Å². The van der Waals surface area contributed by atoms with Crippen LogP contribution < -0.4 is 10.6 Å². The number of anilines is 1. The summed E-state index contributed by atoms with van der Waals surface area (Å²) in [5.74, 6) is -2.33. The third-order valence-electron chi connectivity index (χ3n) is 3.72. The van der Waals surface area contributed by atoms with Crippen LogP contribution in [0.4, 0.5) is 5.69 Å². The Labute approximate surface area is 138 Å². The number of hydrogen-bond acceptors (Lipinski definition) is 6. The second-order valence-electron chi connectivity index (χ2n) is 5.27. The first-order chi connectivity index (χ1) is 11.5. The fraction of sp³-hybridized carbons (Fsp3) is 0.375. The minimum Gasteiger partial charge on any atom is -0.465 e. The predicted octanol–water partition coefficient (Wildman–Crippen LogP) is 0.724. The SMILES string of the molecule is COC(=O)c1ccc(C(=O)OC)c(NC(=O)C2CCNC(=O)C2)c1.